The quantitative estimate of drug-likeness (QED) is 0.230. The number of aromatic nitrogens is 1. The van der Waals surface area contributed by atoms with Gasteiger partial charge in [-0.1, -0.05) is 84.9 Å². The predicted octanol–water partition coefficient (Wildman–Crippen LogP) is 5.96. The second-order valence-corrected chi connectivity index (χ2v) is 12.0. The van der Waals surface area contributed by atoms with E-state index < -0.39 is 12.0 Å². The second-order valence-electron chi connectivity index (χ2n) is 9.91. The third-order valence-corrected chi connectivity index (χ3v) is 9.36. The van der Waals surface area contributed by atoms with Gasteiger partial charge in [-0.3, -0.25) is 14.6 Å². The molecule has 0 bridgehead atoms. The number of rotatable bonds is 8. The highest BCUT2D eigenvalue weighted by atomic mass is 32.2. The highest BCUT2D eigenvalue weighted by molar-refractivity contribution is 7.97. The zero-order chi connectivity index (χ0) is 28.0. The van der Waals surface area contributed by atoms with Crippen LogP contribution in [-0.4, -0.2) is 51.7 Å². The Balaban J connectivity index is 1.28. The van der Waals surface area contributed by atoms with Crippen LogP contribution >= 0.6 is 23.3 Å². The topological polar surface area (TPSA) is 65.5 Å². The minimum Gasteiger partial charge on any atom is -0.350 e. The summed E-state index contributed by atoms with van der Waals surface area (Å²) in [5, 5.41) is 6.18. The van der Waals surface area contributed by atoms with Crippen molar-refractivity contribution in [2.75, 3.05) is 19.6 Å². The lowest BCUT2D eigenvalue weighted by molar-refractivity contribution is -0.136. The number of piperazine rings is 1. The molecule has 8 heteroatoms. The summed E-state index contributed by atoms with van der Waals surface area (Å²) >= 11 is 3.16. The first kappa shape index (κ1) is 27.2. The number of carbonyl (C=O) groups excluding carboxylic acids is 2. The van der Waals surface area contributed by atoms with Gasteiger partial charge in [-0.05, 0) is 46.7 Å². The van der Waals surface area contributed by atoms with Gasteiger partial charge in [0.15, 0.2) is 0 Å². The Hall–Kier alpha value is -3.98. The maximum Gasteiger partial charge on any atom is 0.240 e. The van der Waals surface area contributed by atoms with Crippen molar-refractivity contribution < 1.29 is 9.59 Å². The van der Waals surface area contributed by atoms with E-state index in [1.54, 1.807) is 29.5 Å². The lowest BCUT2D eigenvalue weighted by Gasteiger charge is -2.41. The number of thiophene rings is 1. The Labute approximate surface area is 248 Å². The third kappa shape index (κ3) is 6.20. The number of pyridine rings is 1. The molecule has 3 heterocycles. The predicted molar refractivity (Wildman–Crippen MR) is 166 cm³/mol. The zero-order valence-corrected chi connectivity index (χ0v) is 24.1. The lowest BCUT2D eigenvalue weighted by atomic mass is 9.89. The molecule has 0 aliphatic carbocycles. The van der Waals surface area contributed by atoms with Crippen molar-refractivity contribution in [3.8, 4) is 0 Å². The number of nitrogens with zero attached hydrogens (tertiary/aromatic N) is 3. The number of amides is 2. The molecule has 206 valence electrons. The molecule has 2 aromatic heterocycles. The molecule has 1 atom stereocenters. The van der Waals surface area contributed by atoms with Crippen LogP contribution in [-0.2, 0) is 16.1 Å². The summed E-state index contributed by atoms with van der Waals surface area (Å²) in [5.41, 5.74) is 2.80. The van der Waals surface area contributed by atoms with Gasteiger partial charge in [0.05, 0.1) is 18.0 Å². The number of fused-ring (bicyclic) bond motifs is 1. The number of carbonyl (C=O) groups is 2. The Kier molecular flexibility index (Phi) is 8.41. The maximum absolute atomic E-state index is 14.2. The van der Waals surface area contributed by atoms with E-state index in [9.17, 15) is 9.59 Å². The first-order valence-corrected chi connectivity index (χ1v) is 15.3. The average molecular weight is 579 g/mol. The zero-order valence-electron chi connectivity index (χ0n) is 22.4. The number of hydrogen-bond acceptors (Lipinski definition) is 6. The lowest BCUT2D eigenvalue weighted by Crippen LogP contribution is -2.58. The molecule has 2 amide bonds. The molecule has 1 aliphatic rings. The van der Waals surface area contributed by atoms with Crippen LogP contribution < -0.4 is 5.32 Å². The van der Waals surface area contributed by atoms with Gasteiger partial charge in [0.25, 0.3) is 0 Å². The van der Waals surface area contributed by atoms with Crippen molar-refractivity contribution in [2.24, 2.45) is 0 Å². The van der Waals surface area contributed by atoms with Gasteiger partial charge in [-0.15, -0.1) is 11.3 Å². The number of hydrogen-bond donors (Lipinski definition) is 1. The number of para-hydroxylation sites is 1. The fraction of sp³-hybridized carbons (Fsp3) is 0.182. The van der Waals surface area contributed by atoms with Crippen LogP contribution in [0.4, 0.5) is 0 Å². The Morgan fingerprint density at radius 2 is 1.61 bits per heavy atom. The fourth-order valence-electron chi connectivity index (χ4n) is 5.22. The van der Waals surface area contributed by atoms with E-state index >= 15 is 0 Å². The van der Waals surface area contributed by atoms with Crippen molar-refractivity contribution >= 4 is 46.0 Å². The van der Waals surface area contributed by atoms with Gasteiger partial charge in [0, 0.05) is 41.0 Å². The van der Waals surface area contributed by atoms with Crippen LogP contribution in [0.5, 0.6) is 0 Å². The molecule has 1 fully saturated rings. The van der Waals surface area contributed by atoms with Gasteiger partial charge >= 0.3 is 0 Å². The molecule has 41 heavy (non-hydrogen) atoms. The highest BCUT2D eigenvalue weighted by Gasteiger charge is 2.38. The minimum absolute atomic E-state index is 0.00920. The van der Waals surface area contributed by atoms with E-state index in [2.05, 4.69) is 14.6 Å². The van der Waals surface area contributed by atoms with Crippen LogP contribution in [0.2, 0.25) is 0 Å². The molecule has 0 saturated carbocycles. The molecular formula is C33H30N4O2S2. The van der Waals surface area contributed by atoms with Gasteiger partial charge in [-0.25, -0.2) is 4.31 Å². The molecular weight excluding hydrogens is 549 g/mol. The van der Waals surface area contributed by atoms with Crippen LogP contribution in [0.1, 0.15) is 21.9 Å². The van der Waals surface area contributed by atoms with Crippen molar-refractivity contribution in [2.45, 2.75) is 23.4 Å². The van der Waals surface area contributed by atoms with Gasteiger partial charge in [0.1, 0.15) is 6.04 Å². The Morgan fingerprint density at radius 1 is 0.878 bits per heavy atom. The fourth-order valence-corrected chi connectivity index (χ4v) is 6.98. The molecule has 6 rings (SSSR count). The summed E-state index contributed by atoms with van der Waals surface area (Å²) in [5.74, 6) is -0.517. The van der Waals surface area contributed by atoms with Crippen LogP contribution in [0.3, 0.4) is 0 Å². The number of nitrogens with one attached hydrogen (secondary N) is 1. The van der Waals surface area contributed by atoms with Crippen LogP contribution in [0, 0.1) is 0 Å². The Morgan fingerprint density at radius 3 is 2.32 bits per heavy atom. The van der Waals surface area contributed by atoms with Gasteiger partial charge in [0.2, 0.25) is 11.8 Å². The first-order chi connectivity index (χ1) is 20.2. The molecule has 5 aromatic rings. The van der Waals surface area contributed by atoms with Crippen molar-refractivity contribution in [1.29, 1.82) is 0 Å². The minimum atomic E-state index is -0.524. The van der Waals surface area contributed by atoms with E-state index in [-0.39, 0.29) is 11.8 Å². The summed E-state index contributed by atoms with van der Waals surface area (Å²) in [6, 6.07) is 33.3. The monoisotopic (exact) mass is 578 g/mol. The highest BCUT2D eigenvalue weighted by Crippen LogP contribution is 2.34. The smallest absolute Gasteiger partial charge is 0.240 e. The van der Waals surface area contributed by atoms with Crippen molar-refractivity contribution in [3.63, 3.8) is 0 Å². The molecule has 0 spiro atoms. The van der Waals surface area contributed by atoms with E-state index in [0.717, 1.165) is 31.8 Å². The molecule has 6 nitrogen and oxygen atoms in total. The Bertz CT molecular complexity index is 1570. The maximum atomic E-state index is 14.2. The summed E-state index contributed by atoms with van der Waals surface area (Å²) in [6.45, 7) is 1.84. The van der Waals surface area contributed by atoms with Crippen LogP contribution in [0.25, 0.3) is 10.9 Å². The van der Waals surface area contributed by atoms with E-state index in [4.69, 9.17) is 0 Å². The van der Waals surface area contributed by atoms with E-state index in [0.29, 0.717) is 26.2 Å². The summed E-state index contributed by atoms with van der Waals surface area (Å²) in [4.78, 5) is 36.5. The molecule has 1 N–H and O–H groups in total. The van der Waals surface area contributed by atoms with E-state index in [1.807, 2.05) is 113 Å². The van der Waals surface area contributed by atoms with Crippen molar-refractivity contribution in [3.05, 3.63) is 131 Å². The normalized spacial score (nSPS) is 15.7. The summed E-state index contributed by atoms with van der Waals surface area (Å²) in [7, 11) is 0. The summed E-state index contributed by atoms with van der Waals surface area (Å²) in [6.07, 6.45) is 1.79. The molecule has 1 aliphatic heterocycles. The third-order valence-electron chi connectivity index (χ3n) is 7.29. The molecule has 1 unspecified atom stereocenters. The van der Waals surface area contributed by atoms with Gasteiger partial charge < -0.3 is 10.2 Å². The second kappa shape index (κ2) is 12.7. The molecule has 3 aromatic carbocycles. The average Bonchev–Trinajstić information content (AvgIpc) is 3.55. The van der Waals surface area contributed by atoms with Crippen molar-refractivity contribution in [1.82, 2.24) is 19.5 Å². The van der Waals surface area contributed by atoms with Crippen LogP contribution in [0.15, 0.2) is 120 Å². The summed E-state index contributed by atoms with van der Waals surface area (Å²) < 4.78 is 2.11. The standard InChI is InChI=1S/C33H30N4O2S2/c38-32(35-22-27-16-9-21-40-27)28-23-36(19-20-37(28)41-29-17-7-14-26-15-8-18-34-31(26)29)33(39)30(24-10-3-1-4-11-24)25-12-5-2-6-13-25/h1-18,21,28,30H,19-20,22-23H2,(H,35,38). The largest absolute Gasteiger partial charge is 0.350 e. The number of benzene rings is 3. The SMILES string of the molecule is O=C(NCc1cccs1)C1CN(C(=O)C(c2ccccc2)c2ccccc2)CCN1Sc1cccc2cccnc12. The first-order valence-electron chi connectivity index (χ1n) is 13.6. The van der Waals surface area contributed by atoms with E-state index in [1.165, 1.54) is 0 Å². The van der Waals surface area contributed by atoms with Gasteiger partial charge in [-0.2, -0.15) is 0 Å². The molecule has 1 saturated heterocycles. The molecule has 0 radical (unpaired) electrons.